The van der Waals surface area contributed by atoms with E-state index < -0.39 is 0 Å². The van der Waals surface area contributed by atoms with Crippen LogP contribution in [0.4, 0.5) is 5.69 Å². The number of amides is 1. The van der Waals surface area contributed by atoms with Gasteiger partial charge >= 0.3 is 0 Å². The van der Waals surface area contributed by atoms with Crippen molar-refractivity contribution >= 4 is 11.6 Å². The number of benzene rings is 2. The van der Waals surface area contributed by atoms with Crippen LogP contribution in [0.2, 0.25) is 0 Å². The lowest BCUT2D eigenvalue weighted by molar-refractivity contribution is 0.0710. The average Bonchev–Trinajstić information content (AvgIpc) is 2.67. The smallest absolute Gasteiger partial charge is 0.257 e. The zero-order chi connectivity index (χ0) is 17.5. The molecule has 1 aliphatic rings. The Balaban J connectivity index is 1.68. The Kier molecular flexibility index (Phi) is 5.94. The molecule has 0 radical (unpaired) electrons. The predicted molar refractivity (Wildman–Crippen MR) is 101 cm³/mol. The van der Waals surface area contributed by atoms with Gasteiger partial charge < -0.3 is 15.0 Å². The van der Waals surface area contributed by atoms with Crippen LogP contribution in [-0.4, -0.2) is 36.5 Å². The standard InChI is InChI=1S/C21H26N2O2/c1-2-15-25-20-13-7-6-12-19(20)21(24)23-14-8-11-18(16-23)22-17-9-4-3-5-10-17/h3-7,9-10,12-13,18,22H,2,8,11,14-16H2,1H3/t18-/m1/s1. The summed E-state index contributed by atoms with van der Waals surface area (Å²) >= 11 is 0. The van der Waals surface area contributed by atoms with Crippen molar-refractivity contribution in [3.63, 3.8) is 0 Å². The largest absolute Gasteiger partial charge is 0.493 e. The lowest BCUT2D eigenvalue weighted by Gasteiger charge is -2.34. The number of rotatable bonds is 6. The van der Waals surface area contributed by atoms with Gasteiger partial charge in [0.2, 0.25) is 0 Å². The fraction of sp³-hybridized carbons (Fsp3) is 0.381. The number of likely N-dealkylation sites (tertiary alicyclic amines) is 1. The van der Waals surface area contributed by atoms with Gasteiger partial charge in [0.1, 0.15) is 5.75 Å². The lowest BCUT2D eigenvalue weighted by Crippen LogP contribution is -2.45. The lowest BCUT2D eigenvalue weighted by atomic mass is 10.0. The number of hydrogen-bond acceptors (Lipinski definition) is 3. The van der Waals surface area contributed by atoms with E-state index in [0.717, 1.165) is 38.0 Å². The monoisotopic (exact) mass is 338 g/mol. The normalized spacial score (nSPS) is 17.2. The molecule has 0 bridgehead atoms. The van der Waals surface area contributed by atoms with E-state index in [1.165, 1.54) is 0 Å². The molecule has 132 valence electrons. The van der Waals surface area contributed by atoms with E-state index in [4.69, 9.17) is 4.74 Å². The SMILES string of the molecule is CCCOc1ccccc1C(=O)N1CCC[C@@H](Nc2ccccc2)C1. The molecule has 1 atom stereocenters. The van der Waals surface area contributed by atoms with Crippen LogP contribution in [0.25, 0.3) is 0 Å². The van der Waals surface area contributed by atoms with Crippen LogP contribution in [0, 0.1) is 0 Å². The molecule has 1 aliphatic heterocycles. The van der Waals surface area contributed by atoms with Gasteiger partial charge in [0.15, 0.2) is 0 Å². The minimum Gasteiger partial charge on any atom is -0.493 e. The first-order valence-corrected chi connectivity index (χ1v) is 9.10. The summed E-state index contributed by atoms with van der Waals surface area (Å²) < 4.78 is 5.76. The van der Waals surface area contributed by atoms with E-state index in [1.54, 1.807) is 0 Å². The van der Waals surface area contributed by atoms with Gasteiger partial charge in [0.25, 0.3) is 5.91 Å². The zero-order valence-electron chi connectivity index (χ0n) is 14.8. The predicted octanol–water partition coefficient (Wildman–Crippen LogP) is 4.19. The van der Waals surface area contributed by atoms with Crippen molar-refractivity contribution < 1.29 is 9.53 Å². The molecular weight excluding hydrogens is 312 g/mol. The minimum absolute atomic E-state index is 0.0614. The zero-order valence-corrected chi connectivity index (χ0v) is 14.8. The maximum Gasteiger partial charge on any atom is 0.257 e. The summed E-state index contributed by atoms with van der Waals surface area (Å²) in [4.78, 5) is 14.9. The van der Waals surface area contributed by atoms with Crippen LogP contribution < -0.4 is 10.1 Å². The highest BCUT2D eigenvalue weighted by Gasteiger charge is 2.26. The second-order valence-corrected chi connectivity index (χ2v) is 6.45. The number of para-hydroxylation sites is 2. The number of carbonyl (C=O) groups excluding carboxylic acids is 1. The molecule has 2 aromatic rings. The Morgan fingerprint density at radius 3 is 2.72 bits per heavy atom. The summed E-state index contributed by atoms with van der Waals surface area (Å²) in [5.41, 5.74) is 1.77. The summed E-state index contributed by atoms with van der Waals surface area (Å²) in [6.45, 7) is 4.21. The minimum atomic E-state index is 0.0614. The van der Waals surface area contributed by atoms with Crippen molar-refractivity contribution in [3.05, 3.63) is 60.2 Å². The average molecular weight is 338 g/mol. The van der Waals surface area contributed by atoms with Crippen molar-refractivity contribution in [1.82, 2.24) is 4.90 Å². The van der Waals surface area contributed by atoms with Gasteiger partial charge in [-0.1, -0.05) is 37.3 Å². The van der Waals surface area contributed by atoms with Gasteiger partial charge in [-0.2, -0.15) is 0 Å². The van der Waals surface area contributed by atoms with E-state index in [1.807, 2.05) is 47.4 Å². The van der Waals surface area contributed by atoms with Crippen LogP contribution in [0.5, 0.6) is 5.75 Å². The molecule has 4 heteroatoms. The fourth-order valence-electron chi connectivity index (χ4n) is 3.20. The number of nitrogens with one attached hydrogen (secondary N) is 1. The third-order valence-electron chi connectivity index (χ3n) is 4.43. The van der Waals surface area contributed by atoms with Crippen LogP contribution in [0.1, 0.15) is 36.5 Å². The van der Waals surface area contributed by atoms with Gasteiger partial charge in [0.05, 0.1) is 12.2 Å². The van der Waals surface area contributed by atoms with Gasteiger partial charge in [-0.05, 0) is 43.5 Å². The molecular formula is C21H26N2O2. The maximum absolute atomic E-state index is 13.0. The Morgan fingerprint density at radius 2 is 1.92 bits per heavy atom. The number of carbonyl (C=O) groups is 1. The second-order valence-electron chi connectivity index (χ2n) is 6.45. The highest BCUT2D eigenvalue weighted by atomic mass is 16.5. The Labute approximate surface area is 149 Å². The van der Waals surface area contributed by atoms with Crippen LogP contribution in [0.3, 0.4) is 0 Å². The molecule has 0 spiro atoms. The fourth-order valence-corrected chi connectivity index (χ4v) is 3.20. The number of piperidine rings is 1. The molecule has 4 nitrogen and oxygen atoms in total. The Bertz CT molecular complexity index is 687. The van der Waals surface area contributed by atoms with Gasteiger partial charge in [-0.3, -0.25) is 4.79 Å². The van der Waals surface area contributed by atoms with Crippen molar-refractivity contribution in [2.75, 3.05) is 25.0 Å². The number of ether oxygens (including phenoxy) is 1. The molecule has 0 saturated carbocycles. The van der Waals surface area contributed by atoms with Crippen molar-refractivity contribution in [3.8, 4) is 5.75 Å². The van der Waals surface area contributed by atoms with Crippen molar-refractivity contribution in [1.29, 1.82) is 0 Å². The van der Waals surface area contributed by atoms with E-state index in [-0.39, 0.29) is 11.9 Å². The first kappa shape index (κ1) is 17.3. The molecule has 1 amide bonds. The Morgan fingerprint density at radius 1 is 1.16 bits per heavy atom. The quantitative estimate of drug-likeness (QED) is 0.858. The number of hydrogen-bond donors (Lipinski definition) is 1. The van der Waals surface area contributed by atoms with Crippen LogP contribution in [-0.2, 0) is 0 Å². The number of anilines is 1. The first-order valence-electron chi connectivity index (χ1n) is 9.10. The van der Waals surface area contributed by atoms with Gasteiger partial charge in [-0.15, -0.1) is 0 Å². The molecule has 1 N–H and O–H groups in total. The second kappa shape index (κ2) is 8.56. The third kappa shape index (κ3) is 4.53. The van der Waals surface area contributed by atoms with Crippen molar-refractivity contribution in [2.45, 2.75) is 32.2 Å². The van der Waals surface area contributed by atoms with Crippen LogP contribution in [0.15, 0.2) is 54.6 Å². The van der Waals surface area contributed by atoms with Gasteiger partial charge in [0, 0.05) is 24.8 Å². The summed E-state index contributed by atoms with van der Waals surface area (Å²) in [5.74, 6) is 0.749. The highest BCUT2D eigenvalue weighted by Crippen LogP contribution is 2.23. The highest BCUT2D eigenvalue weighted by molar-refractivity contribution is 5.97. The molecule has 0 aliphatic carbocycles. The topological polar surface area (TPSA) is 41.6 Å². The molecule has 25 heavy (non-hydrogen) atoms. The molecule has 1 heterocycles. The summed E-state index contributed by atoms with van der Waals surface area (Å²) in [5, 5.41) is 3.54. The molecule has 0 unspecified atom stereocenters. The molecule has 2 aromatic carbocycles. The Hall–Kier alpha value is -2.49. The summed E-state index contributed by atoms with van der Waals surface area (Å²) in [7, 11) is 0. The first-order chi connectivity index (χ1) is 12.3. The summed E-state index contributed by atoms with van der Waals surface area (Å²) in [6, 6.07) is 18.0. The maximum atomic E-state index is 13.0. The van der Waals surface area contributed by atoms with Crippen molar-refractivity contribution in [2.24, 2.45) is 0 Å². The molecule has 1 fully saturated rings. The van der Waals surface area contributed by atoms with Gasteiger partial charge in [-0.25, -0.2) is 0 Å². The van der Waals surface area contributed by atoms with E-state index in [9.17, 15) is 4.79 Å². The van der Waals surface area contributed by atoms with E-state index in [2.05, 4.69) is 24.4 Å². The molecule has 0 aromatic heterocycles. The third-order valence-corrected chi connectivity index (χ3v) is 4.43. The van der Waals surface area contributed by atoms with E-state index >= 15 is 0 Å². The number of nitrogens with zero attached hydrogens (tertiary/aromatic N) is 1. The molecule has 3 rings (SSSR count). The summed E-state index contributed by atoms with van der Waals surface area (Å²) in [6.07, 6.45) is 3.01. The van der Waals surface area contributed by atoms with E-state index in [0.29, 0.717) is 17.9 Å². The van der Waals surface area contributed by atoms with Crippen LogP contribution >= 0.6 is 0 Å². The molecule has 1 saturated heterocycles.